The molecule has 0 fully saturated rings. The van der Waals surface area contributed by atoms with Gasteiger partial charge in [0, 0.05) is 37.8 Å². The summed E-state index contributed by atoms with van der Waals surface area (Å²) < 4.78 is 0. The fraction of sp³-hybridized carbons (Fsp3) is 0.250. The standard InChI is InChI=1S/C12H14N4OS/c1-13-10-3-2-9(8-16-10)12(17)15-5-4-11-14-6-7-18-11/h2-3,6-8H,4-5H2,1H3,(H,13,16)(H,15,17). The molecule has 0 saturated carbocycles. The van der Waals surface area contributed by atoms with Crippen molar-refractivity contribution >= 4 is 23.1 Å². The highest BCUT2D eigenvalue weighted by Crippen LogP contribution is 2.05. The minimum Gasteiger partial charge on any atom is -0.373 e. The van der Waals surface area contributed by atoms with Crippen molar-refractivity contribution in [2.45, 2.75) is 6.42 Å². The highest BCUT2D eigenvalue weighted by molar-refractivity contribution is 7.09. The van der Waals surface area contributed by atoms with E-state index in [0.29, 0.717) is 12.1 Å². The van der Waals surface area contributed by atoms with Crippen molar-refractivity contribution in [1.82, 2.24) is 15.3 Å². The average Bonchev–Trinajstić information content (AvgIpc) is 2.92. The zero-order valence-electron chi connectivity index (χ0n) is 10.0. The smallest absolute Gasteiger partial charge is 0.252 e. The summed E-state index contributed by atoms with van der Waals surface area (Å²) in [7, 11) is 1.79. The van der Waals surface area contributed by atoms with E-state index in [1.807, 2.05) is 5.38 Å². The van der Waals surface area contributed by atoms with Gasteiger partial charge in [-0.3, -0.25) is 4.79 Å². The molecule has 2 aromatic rings. The molecule has 94 valence electrons. The molecule has 0 aliphatic carbocycles. The van der Waals surface area contributed by atoms with Gasteiger partial charge in [0.25, 0.3) is 5.91 Å². The first-order valence-electron chi connectivity index (χ1n) is 5.60. The first-order chi connectivity index (χ1) is 8.79. The predicted octanol–water partition coefficient (Wildman–Crippen LogP) is 1.55. The number of nitrogens with one attached hydrogen (secondary N) is 2. The Labute approximate surface area is 109 Å². The quantitative estimate of drug-likeness (QED) is 0.858. The summed E-state index contributed by atoms with van der Waals surface area (Å²) in [4.78, 5) is 20.0. The topological polar surface area (TPSA) is 66.9 Å². The van der Waals surface area contributed by atoms with Gasteiger partial charge in [-0.1, -0.05) is 0 Å². The van der Waals surface area contributed by atoms with Crippen LogP contribution >= 0.6 is 11.3 Å². The zero-order valence-corrected chi connectivity index (χ0v) is 10.8. The van der Waals surface area contributed by atoms with Crippen molar-refractivity contribution in [3.05, 3.63) is 40.5 Å². The van der Waals surface area contributed by atoms with E-state index in [2.05, 4.69) is 20.6 Å². The van der Waals surface area contributed by atoms with Crippen LogP contribution in [0.1, 0.15) is 15.4 Å². The fourth-order valence-corrected chi connectivity index (χ4v) is 2.06. The number of rotatable bonds is 5. The SMILES string of the molecule is CNc1ccc(C(=O)NCCc2nccs2)cn1. The van der Waals surface area contributed by atoms with Crippen LogP contribution in [0.4, 0.5) is 5.82 Å². The van der Waals surface area contributed by atoms with Crippen molar-refractivity contribution in [1.29, 1.82) is 0 Å². The first kappa shape index (κ1) is 12.5. The Morgan fingerprint density at radius 1 is 1.39 bits per heavy atom. The van der Waals surface area contributed by atoms with E-state index in [1.165, 1.54) is 0 Å². The van der Waals surface area contributed by atoms with Gasteiger partial charge in [0.15, 0.2) is 0 Å². The lowest BCUT2D eigenvalue weighted by molar-refractivity contribution is 0.0954. The molecule has 1 amide bonds. The van der Waals surface area contributed by atoms with E-state index >= 15 is 0 Å². The van der Waals surface area contributed by atoms with Crippen molar-refractivity contribution in [2.75, 3.05) is 18.9 Å². The lowest BCUT2D eigenvalue weighted by atomic mass is 10.2. The second-order valence-electron chi connectivity index (χ2n) is 3.61. The molecule has 18 heavy (non-hydrogen) atoms. The van der Waals surface area contributed by atoms with E-state index in [0.717, 1.165) is 17.2 Å². The lowest BCUT2D eigenvalue weighted by Gasteiger charge is -2.04. The molecule has 2 rings (SSSR count). The fourth-order valence-electron chi connectivity index (χ4n) is 1.44. The zero-order chi connectivity index (χ0) is 12.8. The molecule has 2 aromatic heterocycles. The molecule has 0 spiro atoms. The summed E-state index contributed by atoms with van der Waals surface area (Å²) in [6.07, 6.45) is 4.08. The Morgan fingerprint density at radius 2 is 2.28 bits per heavy atom. The number of carbonyl (C=O) groups excluding carboxylic acids is 1. The largest absolute Gasteiger partial charge is 0.373 e. The molecule has 0 atom stereocenters. The van der Waals surface area contributed by atoms with Gasteiger partial charge in [0.05, 0.1) is 10.6 Å². The molecule has 2 N–H and O–H groups in total. The number of amides is 1. The third-order valence-electron chi connectivity index (χ3n) is 2.39. The monoisotopic (exact) mass is 262 g/mol. The number of aromatic nitrogens is 2. The minimum absolute atomic E-state index is 0.110. The number of thiazole rings is 1. The van der Waals surface area contributed by atoms with Gasteiger partial charge in [0.1, 0.15) is 5.82 Å². The second kappa shape index (κ2) is 6.11. The van der Waals surface area contributed by atoms with E-state index in [9.17, 15) is 4.79 Å². The molecule has 0 saturated heterocycles. The second-order valence-corrected chi connectivity index (χ2v) is 4.59. The van der Waals surface area contributed by atoms with Crippen LogP contribution in [0.5, 0.6) is 0 Å². The van der Waals surface area contributed by atoms with Crippen molar-refractivity contribution in [3.63, 3.8) is 0 Å². The molecule has 0 aliphatic rings. The average molecular weight is 262 g/mol. The van der Waals surface area contributed by atoms with Crippen LogP contribution in [-0.2, 0) is 6.42 Å². The summed E-state index contributed by atoms with van der Waals surface area (Å²) in [5.74, 6) is 0.635. The van der Waals surface area contributed by atoms with Gasteiger partial charge >= 0.3 is 0 Å². The third kappa shape index (κ3) is 3.27. The van der Waals surface area contributed by atoms with Crippen molar-refractivity contribution < 1.29 is 4.79 Å². The molecule has 0 radical (unpaired) electrons. The normalized spacial score (nSPS) is 10.1. The molecule has 0 bridgehead atoms. The lowest BCUT2D eigenvalue weighted by Crippen LogP contribution is -2.25. The Bertz CT molecular complexity index is 495. The van der Waals surface area contributed by atoms with Crippen molar-refractivity contribution in [2.24, 2.45) is 0 Å². The number of anilines is 1. The highest BCUT2D eigenvalue weighted by atomic mass is 32.1. The number of nitrogens with zero attached hydrogens (tertiary/aromatic N) is 2. The van der Waals surface area contributed by atoms with Crippen LogP contribution in [0, 0.1) is 0 Å². The number of hydrogen-bond acceptors (Lipinski definition) is 5. The molecular weight excluding hydrogens is 248 g/mol. The Balaban J connectivity index is 1.83. The summed E-state index contributed by atoms with van der Waals surface area (Å²) >= 11 is 1.59. The third-order valence-corrected chi connectivity index (χ3v) is 3.23. The Morgan fingerprint density at radius 3 is 2.89 bits per heavy atom. The number of hydrogen-bond donors (Lipinski definition) is 2. The highest BCUT2D eigenvalue weighted by Gasteiger charge is 2.05. The molecule has 0 unspecified atom stereocenters. The summed E-state index contributed by atoms with van der Waals surface area (Å²) in [5.41, 5.74) is 0.563. The summed E-state index contributed by atoms with van der Waals surface area (Å²) in [6.45, 7) is 0.583. The molecule has 2 heterocycles. The number of carbonyl (C=O) groups is 1. The molecular formula is C12H14N4OS. The minimum atomic E-state index is -0.110. The number of pyridine rings is 1. The van der Waals surface area contributed by atoms with Gasteiger partial charge in [-0.2, -0.15) is 0 Å². The Hall–Kier alpha value is -1.95. The Kier molecular flexibility index (Phi) is 4.25. The van der Waals surface area contributed by atoms with Gasteiger partial charge < -0.3 is 10.6 Å². The van der Waals surface area contributed by atoms with E-state index in [1.54, 1.807) is 42.9 Å². The van der Waals surface area contributed by atoms with Crippen LogP contribution in [0.2, 0.25) is 0 Å². The van der Waals surface area contributed by atoms with Crippen molar-refractivity contribution in [3.8, 4) is 0 Å². The molecule has 0 aliphatic heterocycles. The van der Waals surface area contributed by atoms with Crippen LogP contribution in [0.25, 0.3) is 0 Å². The predicted molar refractivity (Wildman–Crippen MR) is 71.9 cm³/mol. The van der Waals surface area contributed by atoms with Crippen LogP contribution in [-0.4, -0.2) is 29.5 Å². The first-order valence-corrected chi connectivity index (χ1v) is 6.48. The van der Waals surface area contributed by atoms with Crippen LogP contribution in [0.15, 0.2) is 29.9 Å². The van der Waals surface area contributed by atoms with Gasteiger partial charge in [0.2, 0.25) is 0 Å². The van der Waals surface area contributed by atoms with Gasteiger partial charge in [-0.05, 0) is 12.1 Å². The van der Waals surface area contributed by atoms with Crippen LogP contribution < -0.4 is 10.6 Å². The summed E-state index contributed by atoms with van der Waals surface area (Å²) in [5, 5.41) is 8.70. The molecule has 5 nitrogen and oxygen atoms in total. The van der Waals surface area contributed by atoms with Gasteiger partial charge in [-0.15, -0.1) is 11.3 Å². The summed E-state index contributed by atoms with van der Waals surface area (Å²) in [6, 6.07) is 3.52. The van der Waals surface area contributed by atoms with E-state index in [4.69, 9.17) is 0 Å². The molecule has 0 aromatic carbocycles. The maximum Gasteiger partial charge on any atom is 0.252 e. The maximum atomic E-state index is 11.8. The molecule has 6 heteroatoms. The van der Waals surface area contributed by atoms with E-state index in [-0.39, 0.29) is 5.91 Å². The van der Waals surface area contributed by atoms with E-state index < -0.39 is 0 Å². The van der Waals surface area contributed by atoms with Gasteiger partial charge in [-0.25, -0.2) is 9.97 Å². The maximum absolute atomic E-state index is 11.8. The van der Waals surface area contributed by atoms with Crippen LogP contribution in [0.3, 0.4) is 0 Å².